The average Bonchev–Trinajstić information content (AvgIpc) is 3.23. The number of rotatable bonds is 11. The van der Waals surface area contributed by atoms with Crippen LogP contribution in [-0.2, 0) is 16.0 Å². The Labute approximate surface area is 182 Å². The van der Waals surface area contributed by atoms with Gasteiger partial charge < -0.3 is 14.8 Å². The molecule has 0 bridgehead atoms. The van der Waals surface area contributed by atoms with E-state index in [9.17, 15) is 4.79 Å². The number of nitrogens with zero attached hydrogens (tertiary/aromatic N) is 1. The molecule has 0 spiro atoms. The lowest BCUT2D eigenvalue weighted by Crippen LogP contribution is -2.27. The van der Waals surface area contributed by atoms with Crippen LogP contribution in [-0.4, -0.2) is 30.6 Å². The molecular weight excluding hydrogens is 396 g/mol. The van der Waals surface area contributed by atoms with E-state index in [0.29, 0.717) is 19.8 Å². The second kappa shape index (κ2) is 11.5. The number of thiazole rings is 1. The van der Waals surface area contributed by atoms with Crippen molar-refractivity contribution in [3.63, 3.8) is 0 Å². The molecule has 1 unspecified atom stereocenters. The molecule has 30 heavy (non-hydrogen) atoms. The van der Waals surface area contributed by atoms with Gasteiger partial charge in [-0.05, 0) is 50.1 Å². The molecule has 1 amide bonds. The van der Waals surface area contributed by atoms with Gasteiger partial charge in [0.2, 0.25) is 5.91 Å². The highest BCUT2D eigenvalue weighted by atomic mass is 32.1. The van der Waals surface area contributed by atoms with E-state index in [4.69, 9.17) is 9.47 Å². The Kier molecular flexibility index (Phi) is 8.41. The van der Waals surface area contributed by atoms with Crippen molar-refractivity contribution in [1.82, 2.24) is 10.3 Å². The van der Waals surface area contributed by atoms with Crippen molar-refractivity contribution in [2.75, 3.05) is 19.8 Å². The van der Waals surface area contributed by atoms with Gasteiger partial charge in [0.05, 0.1) is 24.8 Å². The molecule has 1 atom stereocenters. The Morgan fingerprint density at radius 2 is 1.90 bits per heavy atom. The summed E-state index contributed by atoms with van der Waals surface area (Å²) in [5.41, 5.74) is 2.98. The molecule has 0 aliphatic rings. The van der Waals surface area contributed by atoms with Crippen molar-refractivity contribution in [2.24, 2.45) is 0 Å². The summed E-state index contributed by atoms with van der Waals surface area (Å²) < 4.78 is 11.3. The maximum Gasteiger partial charge on any atom is 0.226 e. The fraction of sp³-hybridized carbons (Fsp3) is 0.333. The summed E-state index contributed by atoms with van der Waals surface area (Å²) in [6.45, 7) is 5.85. The standard InChI is InChI=1S/C24H28N2O3S/c1-3-28-22-12-10-20(11-13-22)24-26-21(17-30-24)16-23(27)25-14-7-15-29-18(2)19-8-5-4-6-9-19/h4-6,8-13,17-18H,3,7,14-16H2,1-2H3,(H,25,27). The van der Waals surface area contributed by atoms with Crippen molar-refractivity contribution in [1.29, 1.82) is 0 Å². The minimum Gasteiger partial charge on any atom is -0.494 e. The zero-order valence-electron chi connectivity index (χ0n) is 17.5. The van der Waals surface area contributed by atoms with Crippen LogP contribution in [0.2, 0.25) is 0 Å². The molecule has 0 fully saturated rings. The summed E-state index contributed by atoms with van der Waals surface area (Å²) in [5, 5.41) is 5.79. The molecule has 1 aromatic heterocycles. The summed E-state index contributed by atoms with van der Waals surface area (Å²) in [4.78, 5) is 16.8. The first kappa shape index (κ1) is 22.0. The molecule has 158 valence electrons. The number of nitrogens with one attached hydrogen (secondary N) is 1. The van der Waals surface area contributed by atoms with Crippen LogP contribution in [0.25, 0.3) is 10.6 Å². The molecule has 0 aliphatic heterocycles. The van der Waals surface area contributed by atoms with Crippen molar-refractivity contribution in [3.8, 4) is 16.3 Å². The molecule has 3 rings (SSSR count). The third-order valence-corrected chi connectivity index (χ3v) is 5.53. The van der Waals surface area contributed by atoms with Crippen molar-refractivity contribution in [3.05, 3.63) is 71.2 Å². The highest BCUT2D eigenvalue weighted by Gasteiger charge is 2.10. The lowest BCUT2D eigenvalue weighted by Gasteiger charge is -2.13. The molecule has 5 nitrogen and oxygen atoms in total. The quantitative estimate of drug-likeness (QED) is 0.438. The van der Waals surface area contributed by atoms with E-state index >= 15 is 0 Å². The van der Waals surface area contributed by atoms with Gasteiger partial charge in [-0.2, -0.15) is 0 Å². The van der Waals surface area contributed by atoms with Crippen LogP contribution in [0.1, 0.15) is 37.6 Å². The van der Waals surface area contributed by atoms with Crippen LogP contribution in [0.15, 0.2) is 60.0 Å². The number of aromatic nitrogens is 1. The number of benzene rings is 2. The highest BCUT2D eigenvalue weighted by Crippen LogP contribution is 2.26. The maximum absolute atomic E-state index is 12.2. The number of hydrogen-bond donors (Lipinski definition) is 1. The topological polar surface area (TPSA) is 60.5 Å². The second-order valence-electron chi connectivity index (χ2n) is 6.91. The molecule has 3 aromatic rings. The predicted molar refractivity (Wildman–Crippen MR) is 121 cm³/mol. The van der Waals surface area contributed by atoms with E-state index in [1.165, 1.54) is 0 Å². The molecule has 1 N–H and O–H groups in total. The molecule has 6 heteroatoms. The zero-order valence-corrected chi connectivity index (χ0v) is 18.3. The largest absolute Gasteiger partial charge is 0.494 e. The molecule has 2 aromatic carbocycles. The van der Waals surface area contributed by atoms with Gasteiger partial charge >= 0.3 is 0 Å². The summed E-state index contributed by atoms with van der Waals surface area (Å²) in [6, 6.07) is 18.0. The third kappa shape index (κ3) is 6.68. The monoisotopic (exact) mass is 424 g/mol. The van der Waals surface area contributed by atoms with Crippen molar-refractivity contribution < 1.29 is 14.3 Å². The normalized spacial score (nSPS) is 11.8. The lowest BCUT2D eigenvalue weighted by molar-refractivity contribution is -0.120. The Morgan fingerprint density at radius 3 is 2.63 bits per heavy atom. The predicted octanol–water partition coefficient (Wildman–Crippen LogP) is 5.04. The van der Waals surface area contributed by atoms with E-state index in [1.807, 2.05) is 61.7 Å². The minimum atomic E-state index is -0.0188. The first-order valence-corrected chi connectivity index (χ1v) is 11.1. The minimum absolute atomic E-state index is 0.0188. The van der Waals surface area contributed by atoms with Gasteiger partial charge in [0.15, 0.2) is 0 Å². The molecule has 0 saturated carbocycles. The smallest absolute Gasteiger partial charge is 0.226 e. The molecular formula is C24H28N2O3S. The van der Waals surface area contributed by atoms with E-state index < -0.39 is 0 Å². The summed E-state index contributed by atoms with van der Waals surface area (Å²) in [5.74, 6) is 0.828. The van der Waals surface area contributed by atoms with Crippen molar-refractivity contribution in [2.45, 2.75) is 32.8 Å². The van der Waals surface area contributed by atoms with Crippen LogP contribution in [0.4, 0.5) is 0 Å². The maximum atomic E-state index is 12.2. The Balaban J connectivity index is 1.37. The van der Waals surface area contributed by atoms with E-state index in [2.05, 4.69) is 22.4 Å². The number of amides is 1. The molecule has 0 aliphatic carbocycles. The lowest BCUT2D eigenvalue weighted by atomic mass is 10.1. The van der Waals surface area contributed by atoms with Crippen molar-refractivity contribution >= 4 is 17.2 Å². The zero-order chi connectivity index (χ0) is 21.2. The second-order valence-corrected chi connectivity index (χ2v) is 7.76. The number of carbonyl (C=O) groups excluding carboxylic acids is 1. The Morgan fingerprint density at radius 1 is 1.13 bits per heavy atom. The number of hydrogen-bond acceptors (Lipinski definition) is 5. The number of ether oxygens (including phenoxy) is 2. The van der Waals surface area contributed by atoms with E-state index in [0.717, 1.165) is 34.0 Å². The molecule has 0 saturated heterocycles. The fourth-order valence-corrected chi connectivity index (χ4v) is 3.81. The van der Waals surface area contributed by atoms with Gasteiger partial charge in [-0.1, -0.05) is 30.3 Å². The van der Waals surface area contributed by atoms with Gasteiger partial charge in [0, 0.05) is 24.1 Å². The van der Waals surface area contributed by atoms with Crippen LogP contribution in [0.5, 0.6) is 5.75 Å². The summed E-state index contributed by atoms with van der Waals surface area (Å²) >= 11 is 1.54. The first-order chi connectivity index (χ1) is 14.7. The summed E-state index contributed by atoms with van der Waals surface area (Å²) in [6.07, 6.45) is 1.12. The third-order valence-electron chi connectivity index (χ3n) is 4.59. The van der Waals surface area contributed by atoms with Gasteiger partial charge in [-0.3, -0.25) is 4.79 Å². The van der Waals surface area contributed by atoms with Crippen LogP contribution in [0, 0.1) is 0 Å². The first-order valence-electron chi connectivity index (χ1n) is 10.3. The van der Waals surface area contributed by atoms with Gasteiger partial charge in [-0.25, -0.2) is 4.98 Å². The molecule has 1 heterocycles. The van der Waals surface area contributed by atoms with Gasteiger partial charge in [-0.15, -0.1) is 11.3 Å². The summed E-state index contributed by atoms with van der Waals surface area (Å²) in [7, 11) is 0. The van der Waals surface area contributed by atoms with Gasteiger partial charge in [0.25, 0.3) is 0 Å². The van der Waals surface area contributed by atoms with Crippen LogP contribution >= 0.6 is 11.3 Å². The number of carbonyl (C=O) groups is 1. The molecule has 0 radical (unpaired) electrons. The van der Waals surface area contributed by atoms with E-state index in [1.54, 1.807) is 11.3 Å². The van der Waals surface area contributed by atoms with E-state index in [-0.39, 0.29) is 18.4 Å². The highest BCUT2D eigenvalue weighted by molar-refractivity contribution is 7.13. The average molecular weight is 425 g/mol. The Hall–Kier alpha value is -2.70. The Bertz CT molecular complexity index is 910. The fourth-order valence-electron chi connectivity index (χ4n) is 2.99. The van der Waals surface area contributed by atoms with Crippen LogP contribution < -0.4 is 10.1 Å². The van der Waals surface area contributed by atoms with Gasteiger partial charge in [0.1, 0.15) is 10.8 Å². The van der Waals surface area contributed by atoms with Crippen LogP contribution in [0.3, 0.4) is 0 Å². The SMILES string of the molecule is CCOc1ccc(-c2nc(CC(=O)NCCCOC(C)c3ccccc3)cs2)cc1.